The molecule has 1 N–H and O–H groups in total. The van der Waals surface area contributed by atoms with Crippen LogP contribution in [-0.2, 0) is 6.42 Å². The quantitative estimate of drug-likeness (QED) is 0.841. The van der Waals surface area contributed by atoms with E-state index in [9.17, 15) is 4.79 Å². The number of carbonyl (C=O) groups excluding carboxylic acids is 1. The van der Waals surface area contributed by atoms with Gasteiger partial charge in [0.2, 0.25) is 0 Å². The van der Waals surface area contributed by atoms with Crippen LogP contribution >= 0.6 is 0 Å². The normalized spacial score (nSPS) is 11.4. The first-order valence-corrected chi connectivity index (χ1v) is 8.88. The third-order valence-corrected chi connectivity index (χ3v) is 4.11. The molecule has 0 saturated heterocycles. The van der Waals surface area contributed by atoms with Gasteiger partial charge in [0.05, 0.1) is 22.6 Å². The van der Waals surface area contributed by atoms with Crippen LogP contribution in [0.4, 0.5) is 0 Å². The van der Waals surface area contributed by atoms with Crippen molar-refractivity contribution in [1.29, 1.82) is 0 Å². The summed E-state index contributed by atoms with van der Waals surface area (Å²) in [7, 11) is 3.99. The number of nitrogens with zero attached hydrogens (tertiary/aromatic N) is 3. The number of carbonyl (C=O) groups is 1. The second-order valence-electron chi connectivity index (χ2n) is 7.32. The molecule has 0 unspecified atom stereocenters. The Hall–Kier alpha value is -2.14. The van der Waals surface area contributed by atoms with Gasteiger partial charge in [0.1, 0.15) is 0 Å². The highest BCUT2D eigenvalue weighted by molar-refractivity contribution is 5.96. The van der Waals surface area contributed by atoms with Crippen LogP contribution in [-0.4, -0.2) is 47.8 Å². The van der Waals surface area contributed by atoms with E-state index in [1.54, 1.807) is 0 Å². The van der Waals surface area contributed by atoms with Crippen molar-refractivity contribution in [2.45, 2.75) is 34.1 Å². The predicted octanol–water partition coefficient (Wildman–Crippen LogP) is 2.98. The second-order valence-corrected chi connectivity index (χ2v) is 7.32. The van der Waals surface area contributed by atoms with Crippen LogP contribution in [0.1, 0.15) is 41.2 Å². The molecule has 0 radical (unpaired) electrons. The van der Waals surface area contributed by atoms with Crippen molar-refractivity contribution in [3.05, 3.63) is 46.8 Å². The average Bonchev–Trinajstić information content (AvgIpc) is 2.82. The lowest BCUT2D eigenvalue weighted by Gasteiger charge is -2.11. The number of hydrogen-bond acceptors (Lipinski definition) is 3. The first-order valence-electron chi connectivity index (χ1n) is 8.88. The zero-order chi connectivity index (χ0) is 18.6. The SMILES string of the molecule is Cc1cccc(-n2nc(CC(C)C)c(C(=O)NCCN(C)C)c2C)c1. The van der Waals surface area contributed by atoms with E-state index < -0.39 is 0 Å². The highest BCUT2D eigenvalue weighted by atomic mass is 16.1. The van der Waals surface area contributed by atoms with Crippen LogP contribution in [0.15, 0.2) is 24.3 Å². The molecule has 0 aliphatic carbocycles. The summed E-state index contributed by atoms with van der Waals surface area (Å²) in [6.45, 7) is 9.77. The summed E-state index contributed by atoms with van der Waals surface area (Å²) in [5, 5.41) is 7.80. The van der Waals surface area contributed by atoms with Gasteiger partial charge in [-0.15, -0.1) is 0 Å². The van der Waals surface area contributed by atoms with Gasteiger partial charge in [0, 0.05) is 13.1 Å². The van der Waals surface area contributed by atoms with Crippen molar-refractivity contribution >= 4 is 5.91 Å². The van der Waals surface area contributed by atoms with Crippen molar-refractivity contribution in [2.24, 2.45) is 5.92 Å². The maximum atomic E-state index is 12.8. The van der Waals surface area contributed by atoms with E-state index in [4.69, 9.17) is 5.10 Å². The highest BCUT2D eigenvalue weighted by Crippen LogP contribution is 2.21. The minimum absolute atomic E-state index is 0.0334. The van der Waals surface area contributed by atoms with E-state index in [2.05, 4.69) is 43.1 Å². The van der Waals surface area contributed by atoms with E-state index >= 15 is 0 Å². The molecule has 1 amide bonds. The monoisotopic (exact) mass is 342 g/mol. The number of aryl methyl sites for hydroxylation is 1. The lowest BCUT2D eigenvalue weighted by molar-refractivity contribution is 0.0949. The Morgan fingerprint density at radius 3 is 2.60 bits per heavy atom. The zero-order valence-corrected chi connectivity index (χ0v) is 16.3. The molecular weight excluding hydrogens is 312 g/mol. The van der Waals surface area contributed by atoms with E-state index in [-0.39, 0.29) is 5.91 Å². The van der Waals surface area contributed by atoms with Crippen molar-refractivity contribution in [1.82, 2.24) is 20.0 Å². The van der Waals surface area contributed by atoms with Gasteiger partial charge in [-0.1, -0.05) is 26.0 Å². The third kappa shape index (κ3) is 4.92. The molecule has 0 saturated carbocycles. The summed E-state index contributed by atoms with van der Waals surface area (Å²) < 4.78 is 1.89. The number of likely N-dealkylation sites (N-methyl/N-ethyl adjacent to an activating group) is 1. The number of benzene rings is 1. The largest absolute Gasteiger partial charge is 0.351 e. The van der Waals surface area contributed by atoms with Crippen LogP contribution in [0.2, 0.25) is 0 Å². The van der Waals surface area contributed by atoms with Crippen LogP contribution < -0.4 is 5.32 Å². The fraction of sp³-hybridized carbons (Fsp3) is 0.500. The van der Waals surface area contributed by atoms with Gasteiger partial charge in [-0.25, -0.2) is 4.68 Å². The number of nitrogens with one attached hydrogen (secondary N) is 1. The van der Waals surface area contributed by atoms with Crippen LogP contribution in [0.3, 0.4) is 0 Å². The van der Waals surface area contributed by atoms with Gasteiger partial charge < -0.3 is 10.2 Å². The lowest BCUT2D eigenvalue weighted by atomic mass is 10.0. The van der Waals surface area contributed by atoms with Crippen LogP contribution in [0, 0.1) is 19.8 Å². The molecule has 2 rings (SSSR count). The molecule has 2 aromatic rings. The maximum Gasteiger partial charge on any atom is 0.255 e. The zero-order valence-electron chi connectivity index (χ0n) is 16.3. The Morgan fingerprint density at radius 2 is 2.00 bits per heavy atom. The number of rotatable bonds is 7. The first kappa shape index (κ1) is 19.2. The van der Waals surface area contributed by atoms with E-state index in [1.807, 2.05) is 37.8 Å². The van der Waals surface area contributed by atoms with Crippen LogP contribution in [0.5, 0.6) is 0 Å². The molecule has 1 heterocycles. The molecule has 0 fully saturated rings. The third-order valence-electron chi connectivity index (χ3n) is 4.11. The minimum Gasteiger partial charge on any atom is -0.351 e. The van der Waals surface area contributed by atoms with Gasteiger partial charge in [0.15, 0.2) is 0 Å². The molecule has 5 heteroatoms. The minimum atomic E-state index is -0.0334. The van der Waals surface area contributed by atoms with Gasteiger partial charge in [-0.2, -0.15) is 5.10 Å². The fourth-order valence-corrected chi connectivity index (χ4v) is 2.88. The van der Waals surface area contributed by atoms with Crippen molar-refractivity contribution < 1.29 is 4.79 Å². The summed E-state index contributed by atoms with van der Waals surface area (Å²) in [5.41, 5.74) is 4.65. The van der Waals surface area contributed by atoms with Gasteiger partial charge in [0.25, 0.3) is 5.91 Å². The summed E-state index contributed by atoms with van der Waals surface area (Å²) in [6, 6.07) is 8.20. The molecule has 0 aliphatic rings. The Kier molecular flexibility index (Phi) is 6.37. The van der Waals surface area contributed by atoms with Gasteiger partial charge in [-0.3, -0.25) is 4.79 Å². The Morgan fingerprint density at radius 1 is 1.28 bits per heavy atom. The predicted molar refractivity (Wildman–Crippen MR) is 102 cm³/mol. The van der Waals surface area contributed by atoms with Gasteiger partial charge >= 0.3 is 0 Å². The molecule has 0 spiro atoms. The number of amides is 1. The van der Waals surface area contributed by atoms with Crippen LogP contribution in [0.25, 0.3) is 5.69 Å². The molecule has 0 atom stereocenters. The maximum absolute atomic E-state index is 12.8. The molecular formula is C20H30N4O. The molecule has 136 valence electrons. The average molecular weight is 342 g/mol. The van der Waals surface area contributed by atoms with E-state index in [0.717, 1.165) is 30.0 Å². The first-order chi connectivity index (χ1) is 11.8. The summed E-state index contributed by atoms with van der Waals surface area (Å²) in [4.78, 5) is 14.8. The highest BCUT2D eigenvalue weighted by Gasteiger charge is 2.22. The fourth-order valence-electron chi connectivity index (χ4n) is 2.88. The van der Waals surface area contributed by atoms with E-state index in [0.29, 0.717) is 18.0 Å². The molecule has 5 nitrogen and oxygen atoms in total. The van der Waals surface area contributed by atoms with Crippen molar-refractivity contribution in [3.63, 3.8) is 0 Å². The number of aromatic nitrogens is 2. The number of hydrogen-bond donors (Lipinski definition) is 1. The summed E-state index contributed by atoms with van der Waals surface area (Å²) in [5.74, 6) is 0.405. The Bertz CT molecular complexity index is 731. The topological polar surface area (TPSA) is 50.2 Å². The molecule has 1 aromatic heterocycles. The van der Waals surface area contributed by atoms with Gasteiger partial charge in [-0.05, 0) is 58.0 Å². The standard InChI is InChI=1S/C20H30N4O/c1-14(2)12-18-19(20(25)21-10-11-23(5)6)16(4)24(22-18)17-9-7-8-15(3)13-17/h7-9,13-14H,10-12H2,1-6H3,(H,21,25). The summed E-state index contributed by atoms with van der Waals surface area (Å²) in [6.07, 6.45) is 0.788. The van der Waals surface area contributed by atoms with E-state index in [1.165, 1.54) is 5.56 Å². The lowest BCUT2D eigenvalue weighted by Crippen LogP contribution is -2.32. The Labute approximate surface area is 151 Å². The molecule has 0 bridgehead atoms. The summed E-state index contributed by atoms with van der Waals surface area (Å²) >= 11 is 0. The smallest absolute Gasteiger partial charge is 0.255 e. The molecule has 25 heavy (non-hydrogen) atoms. The molecule has 1 aromatic carbocycles. The molecule has 0 aliphatic heterocycles. The van der Waals surface area contributed by atoms with Crippen molar-refractivity contribution in [2.75, 3.05) is 27.2 Å². The second kappa shape index (κ2) is 8.30. The Balaban J connectivity index is 2.37. The van der Waals surface area contributed by atoms with Crippen molar-refractivity contribution in [3.8, 4) is 5.69 Å².